The maximum absolute atomic E-state index is 2.41. The molecule has 2 aromatic rings. The monoisotopic (exact) mass is 276 g/mol. The zero-order valence-corrected chi connectivity index (χ0v) is 13.5. The summed E-state index contributed by atoms with van der Waals surface area (Å²) in [5.41, 5.74) is 8.36. The van der Waals surface area contributed by atoms with E-state index >= 15 is 0 Å². The maximum Gasteiger partial charge on any atom is -0.00929 e. The lowest BCUT2D eigenvalue weighted by Gasteiger charge is -2.07. The first-order chi connectivity index (χ1) is 10.0. The van der Waals surface area contributed by atoms with Crippen LogP contribution in [0.1, 0.15) is 45.7 Å². The summed E-state index contributed by atoms with van der Waals surface area (Å²) >= 11 is 0. The second-order valence-electron chi connectivity index (χ2n) is 6.59. The van der Waals surface area contributed by atoms with Gasteiger partial charge in [-0.05, 0) is 68.2 Å². The van der Waals surface area contributed by atoms with Gasteiger partial charge in [-0.15, -0.1) is 0 Å². The highest BCUT2D eigenvalue weighted by Gasteiger charge is 2.35. The van der Waals surface area contributed by atoms with Gasteiger partial charge in [0.1, 0.15) is 0 Å². The first-order valence-electron chi connectivity index (χ1n) is 7.87. The van der Waals surface area contributed by atoms with Gasteiger partial charge in [0.15, 0.2) is 0 Å². The topological polar surface area (TPSA) is 0 Å². The standard InChI is InChI=1S/C21H24/c1-14-5-7-18(8-6-14)21-13-19(21)9-10-20-16(3)11-15(2)12-17(20)4/h5-12,19,21H,13H2,1-4H3/b10-9+/t19-,21-/m0/s1. The summed E-state index contributed by atoms with van der Waals surface area (Å²) in [5.74, 6) is 1.45. The molecule has 21 heavy (non-hydrogen) atoms. The Balaban J connectivity index is 1.73. The summed E-state index contributed by atoms with van der Waals surface area (Å²) in [7, 11) is 0. The highest BCUT2D eigenvalue weighted by molar-refractivity contribution is 5.59. The minimum Gasteiger partial charge on any atom is -0.0802 e. The van der Waals surface area contributed by atoms with Crippen LogP contribution in [0.15, 0.2) is 42.5 Å². The molecule has 0 heterocycles. The van der Waals surface area contributed by atoms with E-state index in [1.165, 1.54) is 39.8 Å². The molecule has 0 saturated heterocycles. The molecule has 1 saturated carbocycles. The molecule has 2 atom stereocenters. The first-order valence-corrected chi connectivity index (χ1v) is 7.87. The normalized spacial score (nSPS) is 21.0. The summed E-state index contributed by atoms with van der Waals surface area (Å²) < 4.78 is 0. The van der Waals surface area contributed by atoms with Crippen molar-refractivity contribution < 1.29 is 0 Å². The van der Waals surface area contributed by atoms with E-state index in [0.717, 1.165) is 5.92 Å². The van der Waals surface area contributed by atoms with Crippen LogP contribution in [-0.2, 0) is 0 Å². The van der Waals surface area contributed by atoms with Gasteiger partial charge in [-0.25, -0.2) is 0 Å². The van der Waals surface area contributed by atoms with Gasteiger partial charge < -0.3 is 0 Å². The van der Waals surface area contributed by atoms with Crippen LogP contribution in [0, 0.1) is 33.6 Å². The van der Waals surface area contributed by atoms with Crippen LogP contribution in [0.4, 0.5) is 0 Å². The second-order valence-corrected chi connectivity index (χ2v) is 6.59. The Labute approximate surface area is 128 Å². The molecule has 2 aromatic carbocycles. The third-order valence-electron chi connectivity index (χ3n) is 4.59. The fourth-order valence-electron chi connectivity index (χ4n) is 3.30. The minimum absolute atomic E-state index is 0.716. The molecular weight excluding hydrogens is 252 g/mol. The average molecular weight is 276 g/mol. The van der Waals surface area contributed by atoms with E-state index in [4.69, 9.17) is 0 Å². The van der Waals surface area contributed by atoms with Crippen LogP contribution in [-0.4, -0.2) is 0 Å². The van der Waals surface area contributed by atoms with Crippen molar-refractivity contribution in [3.05, 3.63) is 75.9 Å². The lowest BCUT2D eigenvalue weighted by molar-refractivity contribution is 1.01. The molecule has 0 heteroatoms. The summed E-state index contributed by atoms with van der Waals surface area (Å²) in [6, 6.07) is 13.6. The third-order valence-corrected chi connectivity index (χ3v) is 4.59. The van der Waals surface area contributed by atoms with Gasteiger partial charge in [0, 0.05) is 0 Å². The molecule has 108 valence electrons. The van der Waals surface area contributed by atoms with Gasteiger partial charge in [-0.2, -0.15) is 0 Å². The maximum atomic E-state index is 2.41. The second kappa shape index (κ2) is 5.52. The smallest absolute Gasteiger partial charge is 0.00929 e. The van der Waals surface area contributed by atoms with Crippen molar-refractivity contribution >= 4 is 6.08 Å². The Morgan fingerprint density at radius 3 is 2.10 bits per heavy atom. The van der Waals surface area contributed by atoms with E-state index in [-0.39, 0.29) is 0 Å². The molecule has 1 aliphatic rings. The number of aryl methyl sites for hydroxylation is 4. The molecule has 0 aromatic heterocycles. The van der Waals surface area contributed by atoms with E-state index in [2.05, 4.69) is 76.2 Å². The predicted octanol–water partition coefficient (Wildman–Crippen LogP) is 5.74. The molecule has 1 aliphatic carbocycles. The average Bonchev–Trinajstić information content (AvgIpc) is 3.18. The Hall–Kier alpha value is -1.82. The molecule has 3 rings (SSSR count). The zero-order chi connectivity index (χ0) is 15.0. The molecule has 0 nitrogen and oxygen atoms in total. The largest absolute Gasteiger partial charge is 0.0802 e. The number of rotatable bonds is 3. The molecule has 0 amide bonds. The van der Waals surface area contributed by atoms with Gasteiger partial charge in [0.05, 0.1) is 0 Å². The highest BCUT2D eigenvalue weighted by Crippen LogP contribution is 2.48. The number of benzene rings is 2. The van der Waals surface area contributed by atoms with Crippen molar-refractivity contribution in [3.63, 3.8) is 0 Å². The van der Waals surface area contributed by atoms with Gasteiger partial charge in [0.25, 0.3) is 0 Å². The highest BCUT2D eigenvalue weighted by atomic mass is 14.4. The Bertz CT molecular complexity index is 651. The lowest BCUT2D eigenvalue weighted by atomic mass is 9.99. The fourth-order valence-corrected chi connectivity index (χ4v) is 3.30. The molecule has 0 radical (unpaired) electrons. The number of allylic oxidation sites excluding steroid dienone is 1. The summed E-state index contributed by atoms with van der Waals surface area (Å²) in [4.78, 5) is 0. The van der Waals surface area contributed by atoms with E-state index in [9.17, 15) is 0 Å². The van der Waals surface area contributed by atoms with Crippen molar-refractivity contribution in [2.24, 2.45) is 5.92 Å². The lowest BCUT2D eigenvalue weighted by Crippen LogP contribution is -1.88. The quantitative estimate of drug-likeness (QED) is 0.671. The van der Waals surface area contributed by atoms with E-state index in [1.54, 1.807) is 0 Å². The number of hydrogen-bond donors (Lipinski definition) is 0. The SMILES string of the molecule is Cc1ccc([C@@H]2C[C@@H]2/C=C/c2c(C)cc(C)cc2C)cc1. The summed E-state index contributed by atoms with van der Waals surface area (Å²) in [6.45, 7) is 8.74. The van der Waals surface area contributed by atoms with Crippen molar-refractivity contribution in [2.75, 3.05) is 0 Å². The van der Waals surface area contributed by atoms with Gasteiger partial charge in [-0.3, -0.25) is 0 Å². The molecule has 0 spiro atoms. The van der Waals surface area contributed by atoms with Crippen LogP contribution in [0.25, 0.3) is 6.08 Å². The van der Waals surface area contributed by atoms with Crippen LogP contribution >= 0.6 is 0 Å². The molecular formula is C21H24. The van der Waals surface area contributed by atoms with E-state index in [1.807, 2.05) is 0 Å². The Morgan fingerprint density at radius 2 is 1.48 bits per heavy atom. The van der Waals surface area contributed by atoms with Crippen molar-refractivity contribution in [1.82, 2.24) is 0 Å². The molecule has 0 aliphatic heterocycles. The molecule has 0 unspecified atom stereocenters. The van der Waals surface area contributed by atoms with Crippen molar-refractivity contribution in [3.8, 4) is 0 Å². The Kier molecular flexibility index (Phi) is 3.71. The van der Waals surface area contributed by atoms with Gasteiger partial charge in [-0.1, -0.05) is 59.7 Å². The van der Waals surface area contributed by atoms with Crippen LogP contribution < -0.4 is 0 Å². The molecule has 0 N–H and O–H groups in total. The van der Waals surface area contributed by atoms with Gasteiger partial charge in [0.2, 0.25) is 0 Å². The van der Waals surface area contributed by atoms with Crippen LogP contribution in [0.3, 0.4) is 0 Å². The third kappa shape index (κ3) is 3.10. The predicted molar refractivity (Wildman–Crippen MR) is 91.7 cm³/mol. The fraction of sp³-hybridized carbons (Fsp3) is 0.333. The van der Waals surface area contributed by atoms with E-state index in [0.29, 0.717) is 5.92 Å². The zero-order valence-electron chi connectivity index (χ0n) is 13.5. The van der Waals surface area contributed by atoms with Crippen molar-refractivity contribution in [1.29, 1.82) is 0 Å². The van der Waals surface area contributed by atoms with Crippen LogP contribution in [0.2, 0.25) is 0 Å². The van der Waals surface area contributed by atoms with Crippen LogP contribution in [0.5, 0.6) is 0 Å². The molecule has 0 bridgehead atoms. The molecule has 1 fully saturated rings. The first kappa shape index (κ1) is 14.1. The number of hydrogen-bond acceptors (Lipinski definition) is 0. The van der Waals surface area contributed by atoms with Gasteiger partial charge >= 0.3 is 0 Å². The van der Waals surface area contributed by atoms with Crippen molar-refractivity contribution in [2.45, 2.75) is 40.0 Å². The summed E-state index contributed by atoms with van der Waals surface area (Å²) in [5, 5.41) is 0. The van der Waals surface area contributed by atoms with E-state index < -0.39 is 0 Å². The minimum atomic E-state index is 0.716. The summed E-state index contributed by atoms with van der Waals surface area (Å²) in [6.07, 6.45) is 6.04. The Morgan fingerprint density at radius 1 is 0.857 bits per heavy atom.